The van der Waals surface area contributed by atoms with Crippen LogP contribution in [-0.2, 0) is 16.1 Å². The van der Waals surface area contributed by atoms with E-state index < -0.39 is 0 Å². The van der Waals surface area contributed by atoms with Crippen molar-refractivity contribution in [2.75, 3.05) is 6.61 Å². The summed E-state index contributed by atoms with van der Waals surface area (Å²) in [5.41, 5.74) is 0.829. The number of halogens is 2. The highest BCUT2D eigenvalue weighted by molar-refractivity contribution is 6.38. The van der Waals surface area contributed by atoms with Crippen molar-refractivity contribution >= 4 is 40.1 Å². The Kier molecular flexibility index (Phi) is 3.60. The van der Waals surface area contributed by atoms with Crippen LogP contribution >= 0.6 is 23.2 Å². The van der Waals surface area contributed by atoms with Gasteiger partial charge >= 0.3 is 5.97 Å². The molecule has 2 aromatic rings. The van der Waals surface area contributed by atoms with Crippen LogP contribution in [0.4, 0.5) is 0 Å². The average molecular weight is 272 g/mol. The van der Waals surface area contributed by atoms with E-state index in [1.807, 2.05) is 6.07 Å². The van der Waals surface area contributed by atoms with Crippen molar-refractivity contribution in [1.29, 1.82) is 0 Å². The fourth-order valence-corrected chi connectivity index (χ4v) is 2.25. The van der Waals surface area contributed by atoms with Crippen LogP contribution in [0.25, 0.3) is 10.9 Å². The van der Waals surface area contributed by atoms with Gasteiger partial charge in [0, 0.05) is 16.6 Å². The molecule has 0 spiro atoms. The number of benzene rings is 1. The summed E-state index contributed by atoms with van der Waals surface area (Å²) in [6.45, 7) is 2.31. The molecule has 2 rings (SSSR count). The molecule has 0 aliphatic heterocycles. The zero-order chi connectivity index (χ0) is 12.4. The molecule has 17 heavy (non-hydrogen) atoms. The van der Waals surface area contributed by atoms with Crippen LogP contribution in [0, 0.1) is 0 Å². The number of nitrogens with zero attached hydrogens (tertiary/aromatic N) is 1. The summed E-state index contributed by atoms with van der Waals surface area (Å²) in [5, 5.41) is 2.00. The Morgan fingerprint density at radius 3 is 2.88 bits per heavy atom. The predicted molar refractivity (Wildman–Crippen MR) is 68.6 cm³/mol. The largest absolute Gasteiger partial charge is 0.465 e. The molecule has 90 valence electrons. The Bertz CT molecular complexity index is 563. The molecule has 0 aliphatic carbocycles. The summed E-state index contributed by atoms with van der Waals surface area (Å²) in [6, 6.07) is 5.31. The molecule has 0 N–H and O–H groups in total. The van der Waals surface area contributed by atoms with Crippen molar-refractivity contribution in [2.45, 2.75) is 13.5 Å². The molecule has 0 fully saturated rings. The second-order valence-corrected chi connectivity index (χ2v) is 4.41. The summed E-state index contributed by atoms with van der Waals surface area (Å²) in [5.74, 6) is -0.277. The van der Waals surface area contributed by atoms with Crippen LogP contribution in [0.2, 0.25) is 10.0 Å². The molecular weight excluding hydrogens is 261 g/mol. The Morgan fingerprint density at radius 2 is 2.18 bits per heavy atom. The Hall–Kier alpha value is -1.19. The van der Waals surface area contributed by atoms with Gasteiger partial charge in [0.1, 0.15) is 6.54 Å². The van der Waals surface area contributed by atoms with E-state index in [9.17, 15) is 4.79 Å². The molecular formula is C12H11Cl2NO2. The smallest absolute Gasteiger partial charge is 0.325 e. The standard InChI is InChI=1S/C12H11Cl2NO2/c1-2-17-12(16)7-15-4-3-9-10(14)5-8(13)6-11(9)15/h3-6H,2,7H2,1H3. The van der Waals surface area contributed by atoms with E-state index in [4.69, 9.17) is 27.9 Å². The molecule has 3 nitrogen and oxygen atoms in total. The van der Waals surface area contributed by atoms with E-state index in [2.05, 4.69) is 0 Å². The lowest BCUT2D eigenvalue weighted by atomic mass is 10.2. The van der Waals surface area contributed by atoms with Crippen molar-refractivity contribution in [3.63, 3.8) is 0 Å². The van der Waals surface area contributed by atoms with Crippen LogP contribution in [0.15, 0.2) is 24.4 Å². The van der Waals surface area contributed by atoms with Gasteiger partial charge in [0.05, 0.1) is 17.1 Å². The van der Waals surface area contributed by atoms with Gasteiger partial charge < -0.3 is 9.30 Å². The zero-order valence-electron chi connectivity index (χ0n) is 9.24. The second-order valence-electron chi connectivity index (χ2n) is 3.57. The van der Waals surface area contributed by atoms with Gasteiger partial charge in [-0.05, 0) is 25.1 Å². The number of rotatable bonds is 3. The van der Waals surface area contributed by atoms with Gasteiger partial charge in [-0.2, -0.15) is 0 Å². The van der Waals surface area contributed by atoms with Gasteiger partial charge in [0.25, 0.3) is 0 Å². The third-order valence-electron chi connectivity index (χ3n) is 2.41. The van der Waals surface area contributed by atoms with Gasteiger partial charge in [0.2, 0.25) is 0 Å². The van der Waals surface area contributed by atoms with E-state index in [-0.39, 0.29) is 12.5 Å². The highest BCUT2D eigenvalue weighted by Gasteiger charge is 2.09. The van der Waals surface area contributed by atoms with Crippen LogP contribution in [0.5, 0.6) is 0 Å². The number of aromatic nitrogens is 1. The zero-order valence-corrected chi connectivity index (χ0v) is 10.8. The highest BCUT2D eigenvalue weighted by Crippen LogP contribution is 2.28. The van der Waals surface area contributed by atoms with Gasteiger partial charge in [-0.25, -0.2) is 0 Å². The predicted octanol–water partition coefficient (Wildman–Crippen LogP) is 3.51. The lowest BCUT2D eigenvalue weighted by molar-refractivity contribution is -0.143. The average Bonchev–Trinajstić information content (AvgIpc) is 2.62. The van der Waals surface area contributed by atoms with Gasteiger partial charge in [-0.3, -0.25) is 4.79 Å². The molecule has 0 aliphatic rings. The minimum atomic E-state index is -0.277. The minimum absolute atomic E-state index is 0.161. The molecule has 0 saturated heterocycles. The van der Waals surface area contributed by atoms with Crippen LogP contribution in [0.1, 0.15) is 6.92 Å². The van der Waals surface area contributed by atoms with Crippen molar-refractivity contribution in [3.05, 3.63) is 34.4 Å². The summed E-state index contributed by atoms with van der Waals surface area (Å²) in [6.07, 6.45) is 1.80. The highest BCUT2D eigenvalue weighted by atomic mass is 35.5. The number of hydrogen-bond donors (Lipinski definition) is 0. The normalized spacial score (nSPS) is 10.8. The molecule has 0 atom stereocenters. The number of hydrogen-bond acceptors (Lipinski definition) is 2. The number of ether oxygens (including phenoxy) is 1. The first-order valence-corrected chi connectivity index (χ1v) is 5.97. The Labute approximate surface area is 109 Å². The maximum absolute atomic E-state index is 11.4. The molecule has 0 amide bonds. The lowest BCUT2D eigenvalue weighted by Crippen LogP contribution is -2.12. The molecule has 1 heterocycles. The molecule has 1 aromatic carbocycles. The summed E-state index contributed by atoms with van der Waals surface area (Å²) < 4.78 is 6.67. The maximum Gasteiger partial charge on any atom is 0.325 e. The quantitative estimate of drug-likeness (QED) is 0.800. The van der Waals surface area contributed by atoms with Crippen LogP contribution in [0.3, 0.4) is 0 Å². The summed E-state index contributed by atoms with van der Waals surface area (Å²) >= 11 is 12.0. The number of esters is 1. The van der Waals surface area contributed by atoms with E-state index in [0.717, 1.165) is 10.9 Å². The molecule has 0 saturated carbocycles. The first kappa shape index (κ1) is 12.3. The van der Waals surface area contributed by atoms with Crippen LogP contribution in [-0.4, -0.2) is 17.1 Å². The van der Waals surface area contributed by atoms with Gasteiger partial charge in [-0.1, -0.05) is 23.2 Å². The van der Waals surface area contributed by atoms with Crippen molar-refractivity contribution in [1.82, 2.24) is 4.57 Å². The third-order valence-corrected chi connectivity index (χ3v) is 2.94. The number of carbonyl (C=O) groups is 1. The fourth-order valence-electron chi connectivity index (χ4n) is 1.70. The number of carbonyl (C=O) groups excluding carboxylic acids is 1. The first-order chi connectivity index (χ1) is 8.11. The third kappa shape index (κ3) is 2.56. The SMILES string of the molecule is CCOC(=O)Cn1ccc2c(Cl)cc(Cl)cc21. The van der Waals surface area contributed by atoms with E-state index in [1.165, 1.54) is 0 Å². The van der Waals surface area contributed by atoms with Crippen LogP contribution < -0.4 is 0 Å². The molecule has 0 radical (unpaired) electrons. The molecule has 0 bridgehead atoms. The van der Waals surface area contributed by atoms with E-state index in [1.54, 1.807) is 29.8 Å². The van der Waals surface area contributed by atoms with Crippen molar-refractivity contribution in [3.8, 4) is 0 Å². The monoisotopic (exact) mass is 271 g/mol. The lowest BCUT2D eigenvalue weighted by Gasteiger charge is -2.05. The minimum Gasteiger partial charge on any atom is -0.465 e. The molecule has 0 unspecified atom stereocenters. The van der Waals surface area contributed by atoms with Gasteiger partial charge in [0.15, 0.2) is 0 Å². The summed E-state index contributed by atoms with van der Waals surface area (Å²) in [7, 11) is 0. The summed E-state index contributed by atoms with van der Waals surface area (Å²) in [4.78, 5) is 11.4. The first-order valence-electron chi connectivity index (χ1n) is 5.21. The second kappa shape index (κ2) is 4.98. The van der Waals surface area contributed by atoms with E-state index in [0.29, 0.717) is 16.7 Å². The fraction of sp³-hybridized carbons (Fsp3) is 0.250. The van der Waals surface area contributed by atoms with Crippen molar-refractivity contribution in [2.24, 2.45) is 0 Å². The molecule has 1 aromatic heterocycles. The molecule has 5 heteroatoms. The van der Waals surface area contributed by atoms with Crippen molar-refractivity contribution < 1.29 is 9.53 Å². The van der Waals surface area contributed by atoms with Gasteiger partial charge in [-0.15, -0.1) is 0 Å². The van der Waals surface area contributed by atoms with E-state index >= 15 is 0 Å². The topological polar surface area (TPSA) is 31.2 Å². The maximum atomic E-state index is 11.4. The number of fused-ring (bicyclic) bond motifs is 1. The Morgan fingerprint density at radius 1 is 1.41 bits per heavy atom. The Balaban J connectivity index is 2.39.